The van der Waals surface area contributed by atoms with E-state index in [9.17, 15) is 4.79 Å². The van der Waals surface area contributed by atoms with E-state index in [-0.39, 0.29) is 5.56 Å². The first-order valence-corrected chi connectivity index (χ1v) is 6.32. The summed E-state index contributed by atoms with van der Waals surface area (Å²) in [7, 11) is 0. The third-order valence-corrected chi connectivity index (χ3v) is 2.64. The molecule has 0 aliphatic heterocycles. The van der Waals surface area contributed by atoms with E-state index in [1.54, 1.807) is 24.5 Å². The smallest absolute Gasteiger partial charge is 0.341 e. The Morgan fingerprint density at radius 1 is 1.35 bits per heavy atom. The summed E-state index contributed by atoms with van der Waals surface area (Å²) in [5.41, 5.74) is 0.869. The van der Waals surface area contributed by atoms with Crippen LogP contribution in [-0.4, -0.2) is 32.6 Å². The Balaban J connectivity index is 2.37. The highest BCUT2D eigenvalue weighted by molar-refractivity contribution is 5.93. The van der Waals surface area contributed by atoms with Crippen LogP contribution in [0.2, 0.25) is 0 Å². The van der Waals surface area contributed by atoms with Gasteiger partial charge < -0.3 is 10.4 Å². The summed E-state index contributed by atoms with van der Waals surface area (Å²) >= 11 is 0. The first-order chi connectivity index (χ1) is 9.58. The first kappa shape index (κ1) is 13.9. The van der Waals surface area contributed by atoms with E-state index in [0.717, 1.165) is 5.56 Å². The molecule has 2 aromatic rings. The van der Waals surface area contributed by atoms with Crippen molar-refractivity contribution in [2.24, 2.45) is 5.92 Å². The molecule has 6 nitrogen and oxygen atoms in total. The van der Waals surface area contributed by atoms with Crippen LogP contribution in [0.15, 0.2) is 30.7 Å². The van der Waals surface area contributed by atoms with E-state index < -0.39 is 5.97 Å². The normalized spacial score (nSPS) is 10.6. The summed E-state index contributed by atoms with van der Waals surface area (Å²) in [4.78, 5) is 23.5. The van der Waals surface area contributed by atoms with E-state index >= 15 is 0 Å². The number of aromatic nitrogens is 3. The summed E-state index contributed by atoms with van der Waals surface area (Å²) in [6, 6.07) is 3.56. The van der Waals surface area contributed by atoms with Crippen LogP contribution in [0.1, 0.15) is 24.2 Å². The van der Waals surface area contributed by atoms with Crippen LogP contribution in [0.25, 0.3) is 11.4 Å². The molecule has 0 aliphatic rings. The minimum Gasteiger partial charge on any atom is -0.477 e. The van der Waals surface area contributed by atoms with Crippen LogP contribution in [0.4, 0.5) is 5.82 Å². The van der Waals surface area contributed by atoms with Gasteiger partial charge in [0.25, 0.3) is 0 Å². The summed E-state index contributed by atoms with van der Waals surface area (Å²) in [5, 5.41) is 12.2. The first-order valence-electron chi connectivity index (χ1n) is 6.32. The van der Waals surface area contributed by atoms with Gasteiger partial charge in [-0.25, -0.2) is 14.8 Å². The number of nitrogens with one attached hydrogen (secondary N) is 1. The SMILES string of the molecule is CC(C)CNc1nc(-c2ccncc2)ncc1C(=O)O. The molecule has 2 aromatic heterocycles. The Bertz CT molecular complexity index is 599. The van der Waals surface area contributed by atoms with E-state index in [1.165, 1.54) is 6.20 Å². The van der Waals surface area contributed by atoms with Crippen LogP contribution in [-0.2, 0) is 0 Å². The van der Waals surface area contributed by atoms with Gasteiger partial charge in [-0.15, -0.1) is 0 Å². The second-order valence-electron chi connectivity index (χ2n) is 4.77. The molecular weight excluding hydrogens is 256 g/mol. The zero-order valence-corrected chi connectivity index (χ0v) is 11.4. The Morgan fingerprint density at radius 2 is 2.05 bits per heavy atom. The fourth-order valence-corrected chi connectivity index (χ4v) is 1.61. The summed E-state index contributed by atoms with van der Waals surface area (Å²) in [5.74, 6) is 0.158. The Kier molecular flexibility index (Phi) is 4.24. The predicted octanol–water partition coefficient (Wildman–Crippen LogP) is 2.30. The summed E-state index contributed by atoms with van der Waals surface area (Å²) < 4.78 is 0. The third kappa shape index (κ3) is 3.28. The molecule has 0 bridgehead atoms. The molecule has 2 heterocycles. The minimum atomic E-state index is -1.04. The van der Waals surface area contributed by atoms with Gasteiger partial charge >= 0.3 is 5.97 Å². The molecule has 0 aliphatic carbocycles. The molecule has 0 saturated carbocycles. The second kappa shape index (κ2) is 6.10. The minimum absolute atomic E-state index is 0.0726. The van der Waals surface area contributed by atoms with E-state index in [4.69, 9.17) is 5.11 Å². The maximum atomic E-state index is 11.2. The number of hydrogen-bond donors (Lipinski definition) is 2. The molecule has 2 rings (SSSR count). The van der Waals surface area contributed by atoms with Gasteiger partial charge in [0.05, 0.1) is 0 Å². The lowest BCUT2D eigenvalue weighted by Gasteiger charge is -2.11. The quantitative estimate of drug-likeness (QED) is 0.868. The van der Waals surface area contributed by atoms with Crippen LogP contribution < -0.4 is 5.32 Å². The predicted molar refractivity (Wildman–Crippen MR) is 75.6 cm³/mol. The maximum absolute atomic E-state index is 11.2. The van der Waals surface area contributed by atoms with Crippen molar-refractivity contribution < 1.29 is 9.90 Å². The topological polar surface area (TPSA) is 88.0 Å². The van der Waals surface area contributed by atoms with E-state index in [1.807, 2.05) is 13.8 Å². The molecular formula is C14H16N4O2. The molecule has 0 unspecified atom stereocenters. The maximum Gasteiger partial charge on any atom is 0.341 e. The molecule has 0 fully saturated rings. The van der Waals surface area contributed by atoms with Crippen molar-refractivity contribution in [2.75, 3.05) is 11.9 Å². The van der Waals surface area contributed by atoms with Crippen LogP contribution in [0.5, 0.6) is 0 Å². The summed E-state index contributed by atoms with van der Waals surface area (Å²) in [6.45, 7) is 4.73. The van der Waals surface area contributed by atoms with E-state index in [2.05, 4.69) is 20.3 Å². The number of carboxylic acid groups (broad SMARTS) is 1. The van der Waals surface area contributed by atoms with Crippen molar-refractivity contribution >= 4 is 11.8 Å². The van der Waals surface area contributed by atoms with Crippen molar-refractivity contribution in [3.8, 4) is 11.4 Å². The molecule has 0 radical (unpaired) electrons. The molecule has 6 heteroatoms. The molecule has 0 saturated heterocycles. The lowest BCUT2D eigenvalue weighted by atomic mass is 10.2. The molecule has 2 N–H and O–H groups in total. The number of rotatable bonds is 5. The van der Waals surface area contributed by atoms with E-state index in [0.29, 0.717) is 24.1 Å². The lowest BCUT2D eigenvalue weighted by molar-refractivity contribution is 0.0697. The largest absolute Gasteiger partial charge is 0.477 e. The van der Waals surface area contributed by atoms with Gasteiger partial charge in [0.15, 0.2) is 5.82 Å². The summed E-state index contributed by atoms with van der Waals surface area (Å²) in [6.07, 6.45) is 4.61. The van der Waals surface area contributed by atoms with Gasteiger partial charge in [-0.1, -0.05) is 13.8 Å². The Labute approximate surface area is 116 Å². The average molecular weight is 272 g/mol. The van der Waals surface area contributed by atoms with Crippen LogP contribution >= 0.6 is 0 Å². The Morgan fingerprint density at radius 3 is 2.65 bits per heavy atom. The molecule has 0 amide bonds. The number of anilines is 1. The van der Waals surface area contributed by atoms with Crippen LogP contribution in [0.3, 0.4) is 0 Å². The number of aromatic carboxylic acids is 1. The van der Waals surface area contributed by atoms with Gasteiger partial charge in [-0.05, 0) is 18.1 Å². The molecule has 20 heavy (non-hydrogen) atoms. The van der Waals surface area contributed by atoms with Crippen molar-refractivity contribution in [3.05, 3.63) is 36.3 Å². The van der Waals surface area contributed by atoms with Gasteiger partial charge in [0.1, 0.15) is 11.4 Å². The highest BCUT2D eigenvalue weighted by Gasteiger charge is 2.14. The van der Waals surface area contributed by atoms with Crippen molar-refractivity contribution in [2.45, 2.75) is 13.8 Å². The average Bonchev–Trinajstić information content (AvgIpc) is 2.45. The fourth-order valence-electron chi connectivity index (χ4n) is 1.61. The number of hydrogen-bond acceptors (Lipinski definition) is 5. The fraction of sp³-hybridized carbons (Fsp3) is 0.286. The van der Waals surface area contributed by atoms with Crippen molar-refractivity contribution in [1.82, 2.24) is 15.0 Å². The number of carboxylic acids is 1. The number of carbonyl (C=O) groups is 1. The van der Waals surface area contributed by atoms with Gasteiger partial charge in [0, 0.05) is 30.7 Å². The van der Waals surface area contributed by atoms with Crippen molar-refractivity contribution in [1.29, 1.82) is 0 Å². The van der Waals surface area contributed by atoms with Crippen molar-refractivity contribution in [3.63, 3.8) is 0 Å². The molecule has 0 atom stereocenters. The van der Waals surface area contributed by atoms with Gasteiger partial charge in [-0.3, -0.25) is 4.98 Å². The molecule has 0 aromatic carbocycles. The van der Waals surface area contributed by atoms with Gasteiger partial charge in [0.2, 0.25) is 0 Å². The van der Waals surface area contributed by atoms with Gasteiger partial charge in [-0.2, -0.15) is 0 Å². The third-order valence-electron chi connectivity index (χ3n) is 2.64. The Hall–Kier alpha value is -2.50. The standard InChI is InChI=1S/C14H16N4O2/c1-9(2)7-16-13-11(14(19)20)8-17-12(18-13)10-3-5-15-6-4-10/h3-6,8-9H,7H2,1-2H3,(H,19,20)(H,16,17,18). The number of nitrogens with zero attached hydrogens (tertiary/aromatic N) is 3. The highest BCUT2D eigenvalue weighted by atomic mass is 16.4. The second-order valence-corrected chi connectivity index (χ2v) is 4.77. The lowest BCUT2D eigenvalue weighted by Crippen LogP contribution is -2.14. The monoisotopic (exact) mass is 272 g/mol. The molecule has 104 valence electrons. The zero-order valence-electron chi connectivity index (χ0n) is 11.4. The highest BCUT2D eigenvalue weighted by Crippen LogP contribution is 2.19. The van der Waals surface area contributed by atoms with Crippen LogP contribution in [0, 0.1) is 5.92 Å². The zero-order chi connectivity index (χ0) is 14.5. The number of pyridine rings is 1. The molecule has 0 spiro atoms.